The number of nitriles is 1. The predicted octanol–water partition coefficient (Wildman–Crippen LogP) is 3.13. The smallest absolute Gasteiger partial charge is 0.306 e. The fraction of sp³-hybridized carbons (Fsp3) is 0.545. The number of benzene rings is 1. The Bertz CT molecular complexity index is 794. The van der Waals surface area contributed by atoms with E-state index in [-0.39, 0.29) is 24.5 Å². The van der Waals surface area contributed by atoms with Gasteiger partial charge in [-0.05, 0) is 55.7 Å². The summed E-state index contributed by atoms with van der Waals surface area (Å²) in [5.74, 6) is -1.34. The van der Waals surface area contributed by atoms with E-state index in [0.29, 0.717) is 5.56 Å². The number of carbonyl (C=O) groups is 3. The number of hydrogen-bond acceptors (Lipinski definition) is 5. The van der Waals surface area contributed by atoms with Gasteiger partial charge in [0.2, 0.25) is 0 Å². The maximum atomic E-state index is 12.4. The molecule has 0 aromatic heterocycles. The van der Waals surface area contributed by atoms with Gasteiger partial charge in [0, 0.05) is 12.0 Å². The number of ether oxygens (including phenoxy) is 1. The Morgan fingerprint density at radius 2 is 1.86 bits per heavy atom. The van der Waals surface area contributed by atoms with E-state index in [9.17, 15) is 19.6 Å². The van der Waals surface area contributed by atoms with Crippen LogP contribution < -0.4 is 5.32 Å². The van der Waals surface area contributed by atoms with Crippen LogP contribution in [0.4, 0.5) is 0 Å². The van der Waals surface area contributed by atoms with E-state index in [0.717, 1.165) is 19.3 Å². The van der Waals surface area contributed by atoms with Crippen LogP contribution in [-0.4, -0.2) is 29.8 Å². The summed E-state index contributed by atoms with van der Waals surface area (Å²) in [4.78, 5) is 36.1. The molecule has 28 heavy (non-hydrogen) atoms. The average Bonchev–Trinajstić information content (AvgIpc) is 2.69. The second-order valence-electron chi connectivity index (χ2n) is 7.79. The third-order valence-corrected chi connectivity index (χ3v) is 5.38. The minimum atomic E-state index is -1.02. The lowest BCUT2D eigenvalue weighted by Gasteiger charge is -2.27. The highest BCUT2D eigenvalue weighted by Gasteiger charge is 2.30. The normalized spacial score (nSPS) is 15.1. The molecule has 1 atom stereocenters. The predicted molar refractivity (Wildman–Crippen MR) is 105 cm³/mol. The van der Waals surface area contributed by atoms with Crippen molar-refractivity contribution in [2.75, 3.05) is 6.61 Å². The van der Waals surface area contributed by atoms with E-state index >= 15 is 0 Å². The molecule has 0 aliphatic heterocycles. The van der Waals surface area contributed by atoms with Gasteiger partial charge in [-0.25, -0.2) is 0 Å². The molecule has 0 saturated heterocycles. The molecular formula is C22H28N2O4. The molecule has 0 bridgehead atoms. The fourth-order valence-electron chi connectivity index (χ4n) is 3.11. The molecule has 1 amide bonds. The summed E-state index contributed by atoms with van der Waals surface area (Å²) in [5, 5.41) is 11.8. The van der Waals surface area contributed by atoms with Gasteiger partial charge in [-0.1, -0.05) is 26.0 Å². The first-order chi connectivity index (χ1) is 13.2. The molecule has 0 fully saturated rings. The number of hydrogen-bond donors (Lipinski definition) is 1. The van der Waals surface area contributed by atoms with Crippen molar-refractivity contribution in [2.24, 2.45) is 5.92 Å². The van der Waals surface area contributed by atoms with E-state index in [1.54, 1.807) is 6.92 Å². The lowest BCUT2D eigenvalue weighted by atomic mass is 9.89. The van der Waals surface area contributed by atoms with E-state index in [2.05, 4.69) is 11.4 Å². The number of amides is 1. The molecule has 0 heterocycles. The Kier molecular flexibility index (Phi) is 7.33. The number of nitrogens with one attached hydrogen (secondary N) is 1. The van der Waals surface area contributed by atoms with Crippen molar-refractivity contribution in [1.29, 1.82) is 5.26 Å². The molecule has 1 N–H and O–H groups in total. The SMILES string of the molecule is CC(C)[C@](C)(C#N)NC(=O)COC(=O)CCC(=O)c1ccc2c(c1)CCCC2. The number of Topliss-reactive ketones (excluding diaryl/α,β-unsaturated/α-hetero) is 1. The number of fused-ring (bicyclic) bond motifs is 1. The highest BCUT2D eigenvalue weighted by atomic mass is 16.5. The third kappa shape index (κ3) is 5.66. The molecule has 6 heteroatoms. The Balaban J connectivity index is 1.78. The summed E-state index contributed by atoms with van der Waals surface area (Å²) in [6.07, 6.45) is 4.33. The van der Waals surface area contributed by atoms with Crippen molar-refractivity contribution >= 4 is 17.7 Å². The maximum Gasteiger partial charge on any atom is 0.306 e. The van der Waals surface area contributed by atoms with Gasteiger partial charge in [0.25, 0.3) is 5.91 Å². The van der Waals surface area contributed by atoms with Crippen LogP contribution in [-0.2, 0) is 27.2 Å². The Hall–Kier alpha value is -2.68. The van der Waals surface area contributed by atoms with E-state index in [4.69, 9.17) is 4.74 Å². The minimum Gasteiger partial charge on any atom is -0.456 e. The third-order valence-electron chi connectivity index (χ3n) is 5.38. The lowest BCUT2D eigenvalue weighted by Crippen LogP contribution is -2.50. The van der Waals surface area contributed by atoms with Crippen LogP contribution >= 0.6 is 0 Å². The molecule has 0 unspecified atom stereocenters. The summed E-state index contributed by atoms with van der Waals surface area (Å²) in [7, 11) is 0. The molecule has 0 spiro atoms. The number of carbonyl (C=O) groups excluding carboxylic acids is 3. The van der Waals surface area contributed by atoms with Crippen molar-refractivity contribution in [3.63, 3.8) is 0 Å². The molecule has 1 aromatic rings. The summed E-state index contributed by atoms with van der Waals surface area (Å²) in [6.45, 7) is 4.80. The van der Waals surface area contributed by atoms with Crippen LogP contribution in [0.5, 0.6) is 0 Å². The molecular weight excluding hydrogens is 356 g/mol. The van der Waals surface area contributed by atoms with Crippen molar-refractivity contribution in [2.45, 2.75) is 64.8 Å². The van der Waals surface area contributed by atoms with E-state index in [1.807, 2.05) is 32.0 Å². The van der Waals surface area contributed by atoms with Crippen LogP contribution in [0.1, 0.15) is 67.9 Å². The van der Waals surface area contributed by atoms with Gasteiger partial charge in [0.1, 0.15) is 5.54 Å². The molecule has 0 radical (unpaired) electrons. The van der Waals surface area contributed by atoms with Crippen molar-refractivity contribution in [1.82, 2.24) is 5.32 Å². The summed E-state index contributed by atoms with van der Waals surface area (Å²) < 4.78 is 4.94. The first-order valence-corrected chi connectivity index (χ1v) is 9.78. The van der Waals surface area contributed by atoms with Crippen LogP contribution in [0.2, 0.25) is 0 Å². The van der Waals surface area contributed by atoms with Crippen LogP contribution in [0.3, 0.4) is 0 Å². The molecule has 1 aliphatic carbocycles. The zero-order valence-electron chi connectivity index (χ0n) is 16.8. The lowest BCUT2D eigenvalue weighted by molar-refractivity contribution is -0.148. The second kappa shape index (κ2) is 9.50. The molecule has 2 rings (SSSR count). The monoisotopic (exact) mass is 384 g/mol. The number of rotatable bonds is 8. The highest BCUT2D eigenvalue weighted by molar-refractivity contribution is 5.97. The number of esters is 1. The Morgan fingerprint density at radius 1 is 1.18 bits per heavy atom. The van der Waals surface area contributed by atoms with Gasteiger partial charge in [-0.2, -0.15) is 5.26 Å². The largest absolute Gasteiger partial charge is 0.456 e. The summed E-state index contributed by atoms with van der Waals surface area (Å²) in [5.41, 5.74) is 2.13. The topological polar surface area (TPSA) is 96.3 Å². The number of aryl methyl sites for hydroxylation is 2. The first kappa shape index (κ1) is 21.6. The molecule has 6 nitrogen and oxygen atoms in total. The standard InChI is InChI=1S/C22H28N2O4/c1-15(2)22(3,14-23)24-20(26)13-28-21(27)11-10-19(25)18-9-8-16-6-4-5-7-17(16)12-18/h8-9,12,15H,4-7,10-11,13H2,1-3H3,(H,24,26)/t22-/m0/s1. The van der Waals surface area contributed by atoms with Crippen molar-refractivity contribution in [3.05, 3.63) is 34.9 Å². The molecule has 150 valence electrons. The average molecular weight is 384 g/mol. The van der Waals surface area contributed by atoms with Crippen LogP contribution in [0.15, 0.2) is 18.2 Å². The van der Waals surface area contributed by atoms with E-state index < -0.39 is 24.0 Å². The zero-order chi connectivity index (χ0) is 20.7. The Morgan fingerprint density at radius 3 is 2.50 bits per heavy atom. The Labute approximate surface area is 166 Å². The van der Waals surface area contributed by atoms with Gasteiger partial charge in [0.15, 0.2) is 12.4 Å². The van der Waals surface area contributed by atoms with Crippen molar-refractivity contribution in [3.8, 4) is 6.07 Å². The maximum absolute atomic E-state index is 12.4. The number of nitrogens with zero attached hydrogens (tertiary/aromatic N) is 1. The first-order valence-electron chi connectivity index (χ1n) is 9.78. The van der Waals surface area contributed by atoms with Gasteiger partial charge in [-0.3, -0.25) is 14.4 Å². The zero-order valence-corrected chi connectivity index (χ0v) is 16.8. The fourth-order valence-corrected chi connectivity index (χ4v) is 3.11. The summed E-state index contributed by atoms with van der Waals surface area (Å²) in [6, 6.07) is 7.82. The van der Waals surface area contributed by atoms with Crippen molar-refractivity contribution < 1.29 is 19.1 Å². The quantitative estimate of drug-likeness (QED) is 0.549. The van der Waals surface area contributed by atoms with Gasteiger partial charge in [0.05, 0.1) is 12.5 Å². The van der Waals surface area contributed by atoms with Gasteiger partial charge >= 0.3 is 5.97 Å². The molecule has 0 saturated carbocycles. The summed E-state index contributed by atoms with van der Waals surface area (Å²) >= 11 is 0. The molecule has 1 aromatic carbocycles. The van der Waals surface area contributed by atoms with Crippen LogP contribution in [0.25, 0.3) is 0 Å². The highest BCUT2D eigenvalue weighted by Crippen LogP contribution is 2.23. The number of ketones is 1. The van der Waals surface area contributed by atoms with Gasteiger partial charge in [-0.15, -0.1) is 0 Å². The van der Waals surface area contributed by atoms with Gasteiger partial charge < -0.3 is 10.1 Å². The van der Waals surface area contributed by atoms with Crippen LogP contribution in [0, 0.1) is 17.2 Å². The van der Waals surface area contributed by atoms with E-state index in [1.165, 1.54) is 17.5 Å². The second-order valence-corrected chi connectivity index (χ2v) is 7.79. The minimum absolute atomic E-state index is 0.0428. The molecule has 1 aliphatic rings.